The zero-order valence-electron chi connectivity index (χ0n) is 18.4. The van der Waals surface area contributed by atoms with Crippen LogP contribution in [0.2, 0.25) is 5.02 Å². The molecule has 2 heterocycles. The van der Waals surface area contributed by atoms with Crippen LogP contribution in [0.5, 0.6) is 0 Å². The van der Waals surface area contributed by atoms with Crippen LogP contribution in [-0.2, 0) is 19.1 Å². The van der Waals surface area contributed by atoms with E-state index in [2.05, 4.69) is 10.2 Å². The summed E-state index contributed by atoms with van der Waals surface area (Å²) in [7, 11) is 1.56. The lowest BCUT2D eigenvalue weighted by molar-refractivity contribution is -0.145. The Hall–Kier alpha value is -3.07. The minimum atomic E-state index is -1.42. The van der Waals surface area contributed by atoms with Gasteiger partial charge in [-0.25, -0.2) is 9.18 Å². The molecule has 32 heavy (non-hydrogen) atoms. The van der Waals surface area contributed by atoms with Crippen molar-refractivity contribution in [3.8, 4) is 11.3 Å². The Labute approximate surface area is 189 Å². The first-order valence-corrected chi connectivity index (χ1v) is 10.2. The number of benzene rings is 1. The number of anilines is 1. The summed E-state index contributed by atoms with van der Waals surface area (Å²) < 4.78 is 24.7. The van der Waals surface area contributed by atoms with Gasteiger partial charge in [-0.3, -0.25) is 9.59 Å². The van der Waals surface area contributed by atoms with Crippen molar-refractivity contribution >= 4 is 35.1 Å². The van der Waals surface area contributed by atoms with E-state index in [1.807, 2.05) is 0 Å². The fraction of sp³-hybridized carbons (Fsp3) is 0.409. The van der Waals surface area contributed by atoms with Gasteiger partial charge in [-0.05, 0) is 52.0 Å². The molecule has 1 fully saturated rings. The van der Waals surface area contributed by atoms with Gasteiger partial charge in [0.05, 0.1) is 5.69 Å². The van der Waals surface area contributed by atoms with Crippen LogP contribution in [0.15, 0.2) is 24.3 Å². The molecule has 170 valence electrons. The number of Topliss-reactive ketones (excluding diaryl/α,β-unsaturated/α-hetero) is 1. The Morgan fingerprint density at radius 2 is 1.97 bits per heavy atom. The quantitative estimate of drug-likeness (QED) is 0.491. The molecular weight excluding hydrogens is 441 g/mol. The van der Waals surface area contributed by atoms with E-state index in [1.54, 1.807) is 27.8 Å². The third kappa shape index (κ3) is 4.72. The molecule has 1 unspecified atom stereocenters. The molecule has 0 N–H and O–H groups in total. The molecule has 1 aromatic carbocycles. The lowest BCUT2D eigenvalue weighted by Crippen LogP contribution is -2.42. The highest BCUT2D eigenvalue weighted by atomic mass is 35.5. The third-order valence-corrected chi connectivity index (χ3v) is 5.15. The van der Waals surface area contributed by atoms with Crippen molar-refractivity contribution in [3.05, 3.63) is 40.7 Å². The second kappa shape index (κ2) is 8.46. The van der Waals surface area contributed by atoms with E-state index in [9.17, 15) is 18.8 Å². The summed E-state index contributed by atoms with van der Waals surface area (Å²) in [4.78, 5) is 38.8. The van der Waals surface area contributed by atoms with Gasteiger partial charge in [0.25, 0.3) is 0 Å². The van der Waals surface area contributed by atoms with Crippen molar-refractivity contribution in [1.82, 2.24) is 10.2 Å². The van der Waals surface area contributed by atoms with Gasteiger partial charge < -0.3 is 14.4 Å². The van der Waals surface area contributed by atoms with Gasteiger partial charge >= 0.3 is 11.9 Å². The highest BCUT2D eigenvalue weighted by Gasteiger charge is 2.49. The van der Waals surface area contributed by atoms with Crippen LogP contribution in [0.25, 0.3) is 11.3 Å². The molecule has 0 saturated carbocycles. The number of hydrogen-bond acceptors (Lipinski definition) is 8. The van der Waals surface area contributed by atoms with Gasteiger partial charge in [0.15, 0.2) is 18.2 Å². The smallest absolute Gasteiger partial charge is 0.342 e. The fourth-order valence-electron chi connectivity index (χ4n) is 3.24. The summed E-state index contributed by atoms with van der Waals surface area (Å²) >= 11 is 5.99. The summed E-state index contributed by atoms with van der Waals surface area (Å²) in [5.41, 5.74) is -2.10. The van der Waals surface area contributed by atoms with Gasteiger partial charge in [0, 0.05) is 24.2 Å². The van der Waals surface area contributed by atoms with E-state index in [1.165, 1.54) is 36.1 Å². The van der Waals surface area contributed by atoms with Gasteiger partial charge in [0.2, 0.25) is 0 Å². The molecule has 2 aromatic rings. The van der Waals surface area contributed by atoms with Gasteiger partial charge in [-0.1, -0.05) is 11.6 Å². The Morgan fingerprint density at radius 3 is 2.56 bits per heavy atom. The van der Waals surface area contributed by atoms with Crippen molar-refractivity contribution < 1.29 is 28.2 Å². The molecule has 3 rings (SSSR count). The van der Waals surface area contributed by atoms with Crippen molar-refractivity contribution in [2.24, 2.45) is 5.41 Å². The number of ketones is 1. The van der Waals surface area contributed by atoms with Crippen LogP contribution >= 0.6 is 11.6 Å². The fourth-order valence-corrected chi connectivity index (χ4v) is 3.41. The van der Waals surface area contributed by atoms with Crippen LogP contribution in [0.4, 0.5) is 10.2 Å². The Kier molecular flexibility index (Phi) is 6.24. The standard InChI is InChI=1S/C22H23ClFN3O5/c1-21(2,3)32-19(29)14-9-16(13-8-12(23)6-7-15(13)24)25-26-18(14)27(5)11-22(4)17(28)10-31-20(22)30/h6-9H,10-11H2,1-5H3. The van der Waals surface area contributed by atoms with Gasteiger partial charge in [-0.2, -0.15) is 0 Å². The monoisotopic (exact) mass is 463 g/mol. The molecule has 1 aromatic heterocycles. The number of carbonyl (C=O) groups is 3. The average molecular weight is 464 g/mol. The molecule has 1 aliphatic rings. The maximum Gasteiger partial charge on any atom is 0.342 e. The van der Waals surface area contributed by atoms with E-state index >= 15 is 0 Å². The Bertz CT molecular complexity index is 1080. The second-order valence-electron chi connectivity index (χ2n) is 8.78. The molecule has 1 atom stereocenters. The topological polar surface area (TPSA) is 98.7 Å². The zero-order chi connectivity index (χ0) is 23.8. The normalized spacial score (nSPS) is 18.5. The first kappa shape index (κ1) is 23.6. The lowest BCUT2D eigenvalue weighted by atomic mass is 9.87. The van der Waals surface area contributed by atoms with Gasteiger partial charge in [-0.15, -0.1) is 10.2 Å². The summed E-state index contributed by atoms with van der Waals surface area (Å²) in [5, 5.41) is 8.44. The highest BCUT2D eigenvalue weighted by molar-refractivity contribution is 6.30. The van der Waals surface area contributed by atoms with E-state index in [-0.39, 0.29) is 46.6 Å². The maximum absolute atomic E-state index is 14.4. The van der Waals surface area contributed by atoms with Crippen LogP contribution in [0, 0.1) is 11.2 Å². The number of carbonyl (C=O) groups excluding carboxylic acids is 3. The number of cyclic esters (lactones) is 1. The molecule has 0 bridgehead atoms. The molecule has 0 amide bonds. The molecule has 0 aliphatic carbocycles. The number of aromatic nitrogens is 2. The second-order valence-corrected chi connectivity index (χ2v) is 9.22. The Balaban J connectivity index is 2.06. The maximum atomic E-state index is 14.4. The van der Waals surface area contributed by atoms with Gasteiger partial charge in [0.1, 0.15) is 22.4 Å². The molecular formula is C22H23ClFN3O5. The average Bonchev–Trinajstić information content (AvgIpc) is 2.95. The number of rotatable bonds is 5. The summed E-state index contributed by atoms with van der Waals surface area (Å²) in [6, 6.07) is 5.30. The predicted octanol–water partition coefficient (Wildman–Crippen LogP) is 3.46. The molecule has 0 spiro atoms. The molecule has 1 saturated heterocycles. The number of halogens is 2. The molecule has 1 aliphatic heterocycles. The Morgan fingerprint density at radius 1 is 1.28 bits per heavy atom. The number of ether oxygens (including phenoxy) is 2. The zero-order valence-corrected chi connectivity index (χ0v) is 19.1. The van der Waals surface area contributed by atoms with Crippen LogP contribution in [-0.4, -0.2) is 53.7 Å². The van der Waals surface area contributed by atoms with Crippen LogP contribution in [0.3, 0.4) is 0 Å². The van der Waals surface area contributed by atoms with E-state index < -0.39 is 28.8 Å². The SMILES string of the molecule is CN(CC1(C)C(=O)COC1=O)c1nnc(-c2cc(Cl)ccc2F)cc1C(=O)OC(C)(C)C. The van der Waals surface area contributed by atoms with Crippen LogP contribution < -0.4 is 4.90 Å². The minimum Gasteiger partial charge on any atom is -0.457 e. The molecule has 10 heteroatoms. The number of nitrogens with zero attached hydrogens (tertiary/aromatic N) is 3. The first-order chi connectivity index (χ1) is 14.8. The predicted molar refractivity (Wildman–Crippen MR) is 115 cm³/mol. The van der Waals surface area contributed by atoms with Crippen molar-refractivity contribution in [3.63, 3.8) is 0 Å². The van der Waals surface area contributed by atoms with E-state index in [4.69, 9.17) is 21.1 Å². The number of hydrogen-bond donors (Lipinski definition) is 0. The summed E-state index contributed by atoms with van der Waals surface area (Å²) in [5.74, 6) is -2.27. The highest BCUT2D eigenvalue weighted by Crippen LogP contribution is 2.32. The lowest BCUT2D eigenvalue weighted by Gasteiger charge is -2.28. The largest absolute Gasteiger partial charge is 0.457 e. The summed E-state index contributed by atoms with van der Waals surface area (Å²) in [6.45, 7) is 6.18. The molecule has 8 nitrogen and oxygen atoms in total. The van der Waals surface area contributed by atoms with Crippen molar-refractivity contribution in [2.75, 3.05) is 25.1 Å². The first-order valence-electron chi connectivity index (χ1n) is 9.80. The number of esters is 2. The van der Waals surface area contributed by atoms with E-state index in [0.717, 1.165) is 0 Å². The van der Waals surface area contributed by atoms with Crippen LogP contribution in [0.1, 0.15) is 38.1 Å². The van der Waals surface area contributed by atoms with Crippen molar-refractivity contribution in [1.29, 1.82) is 0 Å². The summed E-state index contributed by atoms with van der Waals surface area (Å²) in [6.07, 6.45) is 0. The third-order valence-electron chi connectivity index (χ3n) is 4.91. The molecule has 0 radical (unpaired) electrons. The van der Waals surface area contributed by atoms with Crippen molar-refractivity contribution in [2.45, 2.75) is 33.3 Å². The van der Waals surface area contributed by atoms with E-state index in [0.29, 0.717) is 0 Å². The minimum absolute atomic E-state index is 0.00536.